The lowest BCUT2D eigenvalue weighted by Crippen LogP contribution is -2.03. The Bertz CT molecular complexity index is 1510. The number of esters is 1. The van der Waals surface area contributed by atoms with Crippen molar-refractivity contribution in [2.45, 2.75) is 6.92 Å². The molecule has 0 aliphatic heterocycles. The maximum atomic E-state index is 12.1. The van der Waals surface area contributed by atoms with E-state index in [0.717, 1.165) is 0 Å². The van der Waals surface area contributed by atoms with Crippen molar-refractivity contribution < 1.29 is 9.53 Å². The van der Waals surface area contributed by atoms with E-state index in [4.69, 9.17) is 4.74 Å². The fourth-order valence-corrected chi connectivity index (χ4v) is 3.66. The highest BCUT2D eigenvalue weighted by Crippen LogP contribution is 2.46. The molecule has 6 nitrogen and oxygen atoms in total. The number of hydrogen-bond donors (Lipinski definition) is 1. The van der Waals surface area contributed by atoms with E-state index in [2.05, 4.69) is 23.2 Å². The first-order chi connectivity index (χ1) is 16.0. The summed E-state index contributed by atoms with van der Waals surface area (Å²) >= 11 is 0. The molecule has 0 atom stereocenters. The third-order valence-corrected chi connectivity index (χ3v) is 5.04. The number of carbonyl (C=O) groups is 1. The Morgan fingerprint density at radius 1 is 0.727 bits per heavy atom. The molecule has 156 valence electrons. The normalized spacial score (nSPS) is 10.0. The van der Waals surface area contributed by atoms with Crippen molar-refractivity contribution in [2.24, 2.45) is 0 Å². The summed E-state index contributed by atoms with van der Waals surface area (Å²) in [5, 5.41) is 28.1. The number of ether oxygens (including phenoxy) is 1. The van der Waals surface area contributed by atoms with Gasteiger partial charge in [0.2, 0.25) is 0 Å². The molecule has 1 N–H and O–H groups in total. The van der Waals surface area contributed by atoms with E-state index in [0.29, 0.717) is 50.3 Å². The molecule has 0 aliphatic carbocycles. The zero-order valence-electron chi connectivity index (χ0n) is 17.6. The molecule has 1 heterocycles. The monoisotopic (exact) mass is 428 g/mol. The standard InChI is InChI=1S/C27H16N4O2/c1-17(32)33-27-24(21-8-2-5-18(11-21)14-28)25(22-9-3-6-19(12-22)15-29)31-26(27)23-10-4-7-20(13-23)16-30/h2-13,31H,1H3. The van der Waals surface area contributed by atoms with Gasteiger partial charge in [0.05, 0.1) is 51.8 Å². The highest BCUT2D eigenvalue weighted by Gasteiger charge is 2.24. The molecule has 0 spiro atoms. The van der Waals surface area contributed by atoms with Crippen LogP contribution in [0.5, 0.6) is 5.75 Å². The van der Waals surface area contributed by atoms with Crippen molar-refractivity contribution >= 4 is 5.97 Å². The van der Waals surface area contributed by atoms with Crippen molar-refractivity contribution in [3.05, 3.63) is 89.5 Å². The summed E-state index contributed by atoms with van der Waals surface area (Å²) < 4.78 is 5.69. The van der Waals surface area contributed by atoms with Crippen molar-refractivity contribution in [2.75, 3.05) is 0 Å². The molecule has 3 aromatic carbocycles. The van der Waals surface area contributed by atoms with E-state index < -0.39 is 5.97 Å². The molecular weight excluding hydrogens is 412 g/mol. The highest BCUT2D eigenvalue weighted by atomic mass is 16.5. The molecule has 6 heteroatoms. The van der Waals surface area contributed by atoms with Gasteiger partial charge in [0.25, 0.3) is 0 Å². The van der Waals surface area contributed by atoms with Crippen LogP contribution in [0.15, 0.2) is 72.8 Å². The predicted octanol–water partition coefficient (Wildman–Crippen LogP) is 5.56. The Morgan fingerprint density at radius 2 is 1.18 bits per heavy atom. The average Bonchev–Trinajstić information content (AvgIpc) is 3.22. The Hall–Kier alpha value is -5.12. The molecule has 0 unspecified atom stereocenters. The molecule has 0 aliphatic rings. The van der Waals surface area contributed by atoms with E-state index in [1.165, 1.54) is 6.92 Å². The maximum Gasteiger partial charge on any atom is 0.308 e. The van der Waals surface area contributed by atoms with Crippen LogP contribution in [0, 0.1) is 34.0 Å². The van der Waals surface area contributed by atoms with Gasteiger partial charge in [-0.15, -0.1) is 0 Å². The zero-order chi connectivity index (χ0) is 23.4. The molecule has 4 rings (SSSR count). The number of nitrogens with zero attached hydrogens (tertiary/aromatic N) is 3. The van der Waals surface area contributed by atoms with Crippen LogP contribution in [-0.4, -0.2) is 11.0 Å². The predicted molar refractivity (Wildman–Crippen MR) is 123 cm³/mol. The second-order valence-corrected chi connectivity index (χ2v) is 7.25. The van der Waals surface area contributed by atoms with Crippen molar-refractivity contribution in [1.82, 2.24) is 4.98 Å². The summed E-state index contributed by atoms with van der Waals surface area (Å²) in [6, 6.07) is 27.4. The van der Waals surface area contributed by atoms with Gasteiger partial charge in [-0.25, -0.2) is 0 Å². The summed E-state index contributed by atoms with van der Waals surface area (Å²) in [4.78, 5) is 15.4. The first-order valence-electron chi connectivity index (χ1n) is 10.00. The van der Waals surface area contributed by atoms with Crippen LogP contribution in [0.1, 0.15) is 23.6 Å². The first-order valence-corrected chi connectivity index (χ1v) is 10.00. The van der Waals surface area contributed by atoms with Gasteiger partial charge in [-0.05, 0) is 42.0 Å². The molecule has 4 aromatic rings. The lowest BCUT2D eigenvalue weighted by Gasteiger charge is -2.10. The van der Waals surface area contributed by atoms with Crippen LogP contribution in [-0.2, 0) is 4.79 Å². The highest BCUT2D eigenvalue weighted by molar-refractivity contribution is 5.95. The second-order valence-electron chi connectivity index (χ2n) is 7.25. The van der Waals surface area contributed by atoms with Gasteiger partial charge in [0.15, 0.2) is 5.75 Å². The minimum Gasteiger partial charge on any atom is -0.424 e. The molecule has 0 bridgehead atoms. The van der Waals surface area contributed by atoms with Crippen molar-refractivity contribution in [1.29, 1.82) is 15.8 Å². The minimum atomic E-state index is -0.512. The molecule has 0 amide bonds. The van der Waals surface area contributed by atoms with Crippen LogP contribution in [0.25, 0.3) is 33.6 Å². The number of hydrogen-bond acceptors (Lipinski definition) is 5. The molecule has 0 saturated heterocycles. The fraction of sp³-hybridized carbons (Fsp3) is 0.0370. The summed E-state index contributed by atoms with van der Waals surface area (Å²) in [6.45, 7) is 1.31. The van der Waals surface area contributed by atoms with Gasteiger partial charge in [-0.2, -0.15) is 15.8 Å². The number of nitriles is 3. The lowest BCUT2D eigenvalue weighted by atomic mass is 9.97. The maximum absolute atomic E-state index is 12.1. The molecule has 33 heavy (non-hydrogen) atoms. The molecule has 1 aromatic heterocycles. The Kier molecular flexibility index (Phi) is 5.72. The summed E-state index contributed by atoms with van der Waals surface area (Å²) in [6.07, 6.45) is 0. The number of carbonyl (C=O) groups excluding carboxylic acids is 1. The quantitative estimate of drug-likeness (QED) is 0.428. The molecule has 0 saturated carbocycles. The van der Waals surface area contributed by atoms with Crippen LogP contribution in [0.4, 0.5) is 0 Å². The van der Waals surface area contributed by atoms with Crippen LogP contribution in [0.3, 0.4) is 0 Å². The van der Waals surface area contributed by atoms with Gasteiger partial charge in [0, 0.05) is 18.1 Å². The minimum absolute atomic E-state index is 0.282. The molecular formula is C27H16N4O2. The van der Waals surface area contributed by atoms with Crippen molar-refractivity contribution in [3.8, 4) is 57.6 Å². The van der Waals surface area contributed by atoms with Crippen LogP contribution >= 0.6 is 0 Å². The van der Waals surface area contributed by atoms with E-state index in [-0.39, 0.29) is 5.75 Å². The summed E-state index contributed by atoms with van der Waals surface area (Å²) in [5.41, 5.74) is 5.13. The van der Waals surface area contributed by atoms with Gasteiger partial charge in [-0.3, -0.25) is 4.79 Å². The van der Waals surface area contributed by atoms with E-state index >= 15 is 0 Å². The topological polar surface area (TPSA) is 113 Å². The third kappa shape index (κ3) is 4.21. The van der Waals surface area contributed by atoms with E-state index in [1.54, 1.807) is 54.6 Å². The van der Waals surface area contributed by atoms with E-state index in [9.17, 15) is 20.6 Å². The average molecular weight is 428 g/mol. The first kappa shape index (κ1) is 21.1. The number of H-pyrrole nitrogens is 1. The van der Waals surface area contributed by atoms with Gasteiger partial charge >= 0.3 is 5.97 Å². The largest absolute Gasteiger partial charge is 0.424 e. The number of nitrogens with one attached hydrogen (secondary N) is 1. The number of aromatic amines is 1. The fourth-order valence-electron chi connectivity index (χ4n) is 3.66. The smallest absolute Gasteiger partial charge is 0.308 e. The number of aromatic nitrogens is 1. The zero-order valence-corrected chi connectivity index (χ0v) is 17.6. The summed E-state index contributed by atoms with van der Waals surface area (Å²) in [5.74, 6) is -0.230. The lowest BCUT2D eigenvalue weighted by molar-refractivity contribution is -0.131. The number of rotatable bonds is 4. The second kappa shape index (κ2) is 8.94. The Morgan fingerprint density at radius 3 is 1.67 bits per heavy atom. The van der Waals surface area contributed by atoms with Crippen LogP contribution < -0.4 is 4.74 Å². The van der Waals surface area contributed by atoms with Gasteiger partial charge in [0.1, 0.15) is 0 Å². The Labute approximate surface area is 190 Å². The van der Waals surface area contributed by atoms with Gasteiger partial charge < -0.3 is 9.72 Å². The van der Waals surface area contributed by atoms with Crippen molar-refractivity contribution in [3.63, 3.8) is 0 Å². The summed E-state index contributed by atoms with van der Waals surface area (Å²) in [7, 11) is 0. The number of benzene rings is 3. The van der Waals surface area contributed by atoms with Crippen LogP contribution in [0.2, 0.25) is 0 Å². The van der Waals surface area contributed by atoms with Gasteiger partial charge in [-0.1, -0.05) is 36.4 Å². The molecule has 0 radical (unpaired) electrons. The Balaban J connectivity index is 2.09. The van der Waals surface area contributed by atoms with E-state index in [1.807, 2.05) is 18.2 Å². The molecule has 0 fully saturated rings. The third-order valence-electron chi connectivity index (χ3n) is 5.04. The SMILES string of the molecule is CC(=O)Oc1c(-c2cccc(C#N)c2)[nH]c(-c2cccc(C#N)c2)c1-c1cccc(C#N)c1.